The van der Waals surface area contributed by atoms with Gasteiger partial charge in [-0.3, -0.25) is 0 Å². The van der Waals surface area contributed by atoms with E-state index >= 15 is 0 Å². The van der Waals surface area contributed by atoms with Crippen LogP contribution in [0.5, 0.6) is 0 Å². The van der Waals surface area contributed by atoms with Crippen LogP contribution in [0.4, 0.5) is 0 Å². The molecule has 2 nitrogen and oxygen atoms in total. The van der Waals surface area contributed by atoms with Gasteiger partial charge in [-0.1, -0.05) is 24.1 Å². The van der Waals surface area contributed by atoms with E-state index in [1.165, 1.54) is 0 Å². The average molecular weight is 368 g/mol. The Bertz CT molecular complexity index is 323. The summed E-state index contributed by atoms with van der Waals surface area (Å²) in [4.78, 5) is 10.9. The Hall–Kier alpha value is 0.898. The summed E-state index contributed by atoms with van der Waals surface area (Å²) in [5, 5.41) is 8.96. The molecule has 0 spiro atoms. The molecule has 0 amide bonds. The number of benzene rings is 1. The van der Waals surface area contributed by atoms with Gasteiger partial charge in [0.1, 0.15) is 0 Å². The van der Waals surface area contributed by atoms with Crippen molar-refractivity contribution in [1.82, 2.24) is 0 Å². The molecule has 16 heavy (non-hydrogen) atoms. The van der Waals surface area contributed by atoms with Gasteiger partial charge in [0.2, 0.25) is 0 Å². The van der Waals surface area contributed by atoms with Crippen LogP contribution < -0.4 is 0 Å². The Kier molecular flexibility index (Phi) is 11.9. The van der Waals surface area contributed by atoms with Crippen molar-refractivity contribution in [3.63, 3.8) is 0 Å². The first-order valence-corrected chi connectivity index (χ1v) is 4.61. The molecule has 0 fully saturated rings. The van der Waals surface area contributed by atoms with Gasteiger partial charge in [-0.2, -0.15) is 12.8 Å². The molecule has 0 aromatic heterocycles. The van der Waals surface area contributed by atoms with Crippen LogP contribution in [0.1, 0.15) is 34.7 Å². The van der Waals surface area contributed by atoms with E-state index in [0.717, 1.165) is 5.56 Å². The van der Waals surface area contributed by atoms with Crippen LogP contribution in [0, 0.1) is 13.8 Å². The van der Waals surface area contributed by atoms with Gasteiger partial charge >= 0.3 is 5.97 Å². The fourth-order valence-electron chi connectivity index (χ4n) is 1.50. The van der Waals surface area contributed by atoms with Gasteiger partial charge in [0.15, 0.2) is 0 Å². The predicted octanol–water partition coefficient (Wildman–Crippen LogP) is 2.91. The van der Waals surface area contributed by atoms with Crippen molar-refractivity contribution in [2.45, 2.75) is 18.8 Å². The molecule has 0 atom stereocenters. The maximum atomic E-state index is 10.9. The van der Waals surface area contributed by atoms with Crippen LogP contribution in [-0.4, -0.2) is 11.1 Å². The summed E-state index contributed by atoms with van der Waals surface area (Å²) in [6.07, 6.45) is 1.35. The second-order valence-corrected chi connectivity index (χ2v) is 3.17. The summed E-state index contributed by atoms with van der Waals surface area (Å²) in [7, 11) is 0. The summed E-state index contributed by atoms with van der Waals surface area (Å²) in [5.41, 5.74) is 1.20. The SMILES string of the molecule is [CH2-]CC(C[CH2-])c1ccccc1C(=O)O.[Y].[Y]. The number of aromatic carboxylic acids is 1. The fraction of sp³-hybridized carbons (Fsp3) is 0.250. The molecule has 1 aromatic carbocycles. The number of rotatable bonds is 4. The second-order valence-electron chi connectivity index (χ2n) is 3.17. The van der Waals surface area contributed by atoms with E-state index in [0.29, 0.717) is 18.4 Å². The molecule has 0 saturated carbocycles. The van der Waals surface area contributed by atoms with Gasteiger partial charge in [-0.25, -0.2) is 4.79 Å². The van der Waals surface area contributed by atoms with Gasteiger partial charge < -0.3 is 19.0 Å². The van der Waals surface area contributed by atoms with Crippen molar-refractivity contribution < 1.29 is 75.3 Å². The number of carbonyl (C=O) groups is 1. The predicted molar refractivity (Wildman–Crippen MR) is 56.1 cm³/mol. The molecule has 0 unspecified atom stereocenters. The quantitative estimate of drug-likeness (QED) is 0.831. The molecule has 0 bridgehead atoms. The van der Waals surface area contributed by atoms with Crippen molar-refractivity contribution in [2.24, 2.45) is 0 Å². The Balaban J connectivity index is 0. The van der Waals surface area contributed by atoms with Crippen LogP contribution in [0.15, 0.2) is 24.3 Å². The summed E-state index contributed by atoms with van der Waals surface area (Å²) in [6, 6.07) is 7.04. The largest absolute Gasteiger partial charge is 0.478 e. The van der Waals surface area contributed by atoms with Crippen LogP contribution >= 0.6 is 0 Å². The van der Waals surface area contributed by atoms with Crippen LogP contribution in [0.3, 0.4) is 0 Å². The van der Waals surface area contributed by atoms with Gasteiger partial charge in [-0.15, -0.1) is 0 Å². The number of carboxylic acids is 1. The molecular weight excluding hydrogens is 354 g/mol. The Morgan fingerprint density at radius 3 is 2.12 bits per heavy atom. The van der Waals surface area contributed by atoms with Gasteiger partial charge in [-0.05, 0) is 11.6 Å². The van der Waals surface area contributed by atoms with Crippen molar-refractivity contribution in [3.8, 4) is 0 Å². The Morgan fingerprint density at radius 2 is 1.69 bits per heavy atom. The number of hydrogen-bond acceptors (Lipinski definition) is 1. The molecule has 0 aliphatic rings. The molecule has 0 saturated heterocycles. The summed E-state index contributed by atoms with van der Waals surface area (Å²) >= 11 is 0. The monoisotopic (exact) mass is 368 g/mol. The molecule has 0 aliphatic carbocycles. The molecule has 1 aromatic rings. The third-order valence-corrected chi connectivity index (χ3v) is 2.33. The Morgan fingerprint density at radius 1 is 1.19 bits per heavy atom. The minimum absolute atomic E-state index is 0. The van der Waals surface area contributed by atoms with Crippen LogP contribution in [0.25, 0.3) is 0 Å². The molecule has 0 aliphatic heterocycles. The first-order chi connectivity index (χ1) is 6.70. The van der Waals surface area contributed by atoms with E-state index in [4.69, 9.17) is 5.11 Å². The van der Waals surface area contributed by atoms with E-state index in [1.807, 2.05) is 12.1 Å². The van der Waals surface area contributed by atoms with E-state index in [9.17, 15) is 4.79 Å². The van der Waals surface area contributed by atoms with E-state index in [-0.39, 0.29) is 71.3 Å². The minimum atomic E-state index is -0.882. The fourth-order valence-corrected chi connectivity index (χ4v) is 1.50. The molecule has 1 rings (SSSR count). The van der Waals surface area contributed by atoms with Gasteiger partial charge in [0, 0.05) is 65.4 Å². The summed E-state index contributed by atoms with van der Waals surface area (Å²) < 4.78 is 0. The standard InChI is InChI=1S/C12H14O2.2Y/c1-3-9(4-2)10-7-5-6-8-11(10)12(13)14;;/h5-9H,1-4H2,(H,13,14);;/q-2;;. The van der Waals surface area contributed by atoms with Crippen molar-refractivity contribution >= 4 is 5.97 Å². The van der Waals surface area contributed by atoms with Crippen molar-refractivity contribution in [3.05, 3.63) is 49.2 Å². The molecule has 2 radical (unpaired) electrons. The second kappa shape index (κ2) is 9.88. The minimum Gasteiger partial charge on any atom is -0.478 e. The number of hydrogen-bond donors (Lipinski definition) is 1. The van der Waals surface area contributed by atoms with Crippen LogP contribution in [-0.2, 0) is 65.4 Å². The molecule has 4 heteroatoms. The molecule has 1 N–H and O–H groups in total. The average Bonchev–Trinajstić information content (AvgIpc) is 2.20. The normalized spacial score (nSPS) is 9.19. The summed E-state index contributed by atoms with van der Waals surface area (Å²) in [5.74, 6) is -0.741. The zero-order valence-electron chi connectivity index (χ0n) is 9.23. The zero-order chi connectivity index (χ0) is 10.6. The zero-order valence-corrected chi connectivity index (χ0v) is 14.9. The first kappa shape index (κ1) is 19.2. The summed E-state index contributed by atoms with van der Waals surface area (Å²) in [6.45, 7) is 7.60. The smallest absolute Gasteiger partial charge is 0.335 e. The maximum absolute atomic E-state index is 10.9. The van der Waals surface area contributed by atoms with Crippen molar-refractivity contribution in [2.75, 3.05) is 0 Å². The third-order valence-electron chi connectivity index (χ3n) is 2.33. The van der Waals surface area contributed by atoms with E-state index < -0.39 is 5.97 Å². The van der Waals surface area contributed by atoms with E-state index in [1.54, 1.807) is 12.1 Å². The van der Waals surface area contributed by atoms with Gasteiger partial charge in [0.05, 0.1) is 5.56 Å². The molecule has 82 valence electrons. The van der Waals surface area contributed by atoms with E-state index in [2.05, 4.69) is 13.8 Å². The molecular formula is C12H14O2Y2-2. The topological polar surface area (TPSA) is 37.3 Å². The van der Waals surface area contributed by atoms with Crippen LogP contribution in [0.2, 0.25) is 0 Å². The Labute approximate surface area is 147 Å². The van der Waals surface area contributed by atoms with Crippen molar-refractivity contribution in [1.29, 1.82) is 0 Å². The first-order valence-electron chi connectivity index (χ1n) is 4.61. The number of carboxylic acid groups (broad SMARTS) is 1. The third kappa shape index (κ3) is 5.04. The maximum Gasteiger partial charge on any atom is 0.335 e. The molecule has 0 heterocycles. The van der Waals surface area contributed by atoms with Gasteiger partial charge in [0.25, 0.3) is 0 Å².